The second kappa shape index (κ2) is 6.90. The molecule has 0 saturated heterocycles. The molecule has 0 spiro atoms. The summed E-state index contributed by atoms with van der Waals surface area (Å²) in [4.78, 5) is 15.9. The predicted molar refractivity (Wildman–Crippen MR) is 87.2 cm³/mol. The van der Waals surface area contributed by atoms with Gasteiger partial charge in [0.2, 0.25) is 0 Å². The maximum Gasteiger partial charge on any atom is 0.196 e. The molecule has 2 aromatic carbocycles. The zero-order chi connectivity index (χ0) is 15.2. The van der Waals surface area contributed by atoms with Crippen LogP contribution in [0.1, 0.15) is 12.5 Å². The highest BCUT2D eigenvalue weighted by Gasteiger charge is 2.06. The Labute approximate surface area is 128 Å². The number of halogens is 1. The predicted octanol–water partition coefficient (Wildman–Crippen LogP) is 3.88. The van der Waals surface area contributed by atoms with Gasteiger partial charge in [-0.05, 0) is 42.8 Å². The van der Waals surface area contributed by atoms with Crippen molar-refractivity contribution in [3.05, 3.63) is 59.1 Å². The van der Waals surface area contributed by atoms with Crippen LogP contribution in [0.2, 0.25) is 5.02 Å². The molecule has 0 saturated carbocycles. The fourth-order valence-electron chi connectivity index (χ4n) is 1.72. The summed E-state index contributed by atoms with van der Waals surface area (Å²) >= 11 is 5.91. The van der Waals surface area contributed by atoms with E-state index in [1.165, 1.54) is 6.92 Å². The first-order chi connectivity index (χ1) is 10.0. The first kappa shape index (κ1) is 15.1. The van der Waals surface area contributed by atoms with Crippen molar-refractivity contribution in [3.63, 3.8) is 0 Å². The molecule has 0 amide bonds. The first-order valence-corrected chi connectivity index (χ1v) is 6.86. The molecule has 0 bridgehead atoms. The Morgan fingerprint density at radius 2 is 1.90 bits per heavy atom. The summed E-state index contributed by atoms with van der Waals surface area (Å²) in [5.41, 5.74) is 8.40. The van der Waals surface area contributed by atoms with Gasteiger partial charge >= 0.3 is 0 Å². The van der Waals surface area contributed by atoms with Gasteiger partial charge in [-0.1, -0.05) is 29.8 Å². The van der Waals surface area contributed by atoms with Crippen molar-refractivity contribution in [2.24, 2.45) is 4.99 Å². The van der Waals surface area contributed by atoms with E-state index in [0.29, 0.717) is 10.7 Å². The number of aryl methyl sites for hydroxylation is 1. The number of hydrogen-bond donors (Lipinski definition) is 2. The zero-order valence-corrected chi connectivity index (χ0v) is 12.6. The van der Waals surface area contributed by atoms with Gasteiger partial charge in [0.1, 0.15) is 0 Å². The molecule has 21 heavy (non-hydrogen) atoms. The molecule has 4 nitrogen and oxygen atoms in total. The van der Waals surface area contributed by atoms with E-state index in [2.05, 4.69) is 15.8 Å². The maximum atomic E-state index is 11.7. The number of aliphatic imine (C=N–C) groups is 1. The third kappa shape index (κ3) is 4.61. The van der Waals surface area contributed by atoms with Crippen LogP contribution in [0.15, 0.2) is 53.5 Å². The summed E-state index contributed by atoms with van der Waals surface area (Å²) < 4.78 is 0. The largest absolute Gasteiger partial charge is 0.300 e. The summed E-state index contributed by atoms with van der Waals surface area (Å²) in [7, 11) is 0. The topological polar surface area (TPSA) is 53.5 Å². The van der Waals surface area contributed by atoms with Crippen molar-refractivity contribution >= 4 is 34.6 Å². The van der Waals surface area contributed by atoms with Crippen LogP contribution < -0.4 is 10.9 Å². The molecule has 0 aliphatic carbocycles. The lowest BCUT2D eigenvalue weighted by atomic mass is 10.2. The fraction of sp³-hybridized carbons (Fsp3) is 0.125. The molecule has 2 aromatic rings. The molecule has 5 heteroatoms. The smallest absolute Gasteiger partial charge is 0.196 e. The van der Waals surface area contributed by atoms with E-state index in [4.69, 9.17) is 11.6 Å². The second-order valence-electron chi connectivity index (χ2n) is 4.62. The highest BCUT2D eigenvalue weighted by molar-refractivity contribution is 6.38. The number of nitrogens with zero attached hydrogens (tertiary/aromatic N) is 1. The Morgan fingerprint density at radius 3 is 2.57 bits per heavy atom. The average Bonchev–Trinajstić information content (AvgIpc) is 2.43. The van der Waals surface area contributed by atoms with E-state index >= 15 is 0 Å². The van der Waals surface area contributed by atoms with E-state index < -0.39 is 0 Å². The van der Waals surface area contributed by atoms with Crippen LogP contribution in [0.5, 0.6) is 0 Å². The van der Waals surface area contributed by atoms with Gasteiger partial charge in [-0.25, -0.2) is 4.99 Å². The lowest BCUT2D eigenvalue weighted by Gasteiger charge is -2.10. The number of anilines is 1. The normalized spacial score (nSPS) is 11.1. The van der Waals surface area contributed by atoms with Crippen molar-refractivity contribution in [1.29, 1.82) is 0 Å². The van der Waals surface area contributed by atoms with Gasteiger partial charge < -0.3 is 0 Å². The Morgan fingerprint density at radius 1 is 1.14 bits per heavy atom. The van der Waals surface area contributed by atoms with Gasteiger partial charge in [-0.3, -0.25) is 15.6 Å². The number of benzene rings is 2. The maximum absolute atomic E-state index is 11.7. The standard InChI is InChI=1S/C16H16ClN3O/c1-11-5-3-8-15(9-11)19-20-16(12(2)21)18-14-7-4-6-13(17)10-14/h3-10,19H,1-2H3,(H,18,20). The summed E-state index contributed by atoms with van der Waals surface area (Å²) in [6, 6.07) is 14.8. The van der Waals surface area contributed by atoms with Gasteiger partial charge in [-0.15, -0.1) is 0 Å². The molecule has 0 aromatic heterocycles. The average molecular weight is 302 g/mol. The molecular weight excluding hydrogens is 286 g/mol. The molecule has 2 N–H and O–H groups in total. The van der Waals surface area contributed by atoms with Gasteiger partial charge in [0.15, 0.2) is 11.6 Å². The van der Waals surface area contributed by atoms with Crippen LogP contribution in [0, 0.1) is 6.92 Å². The molecule has 108 valence electrons. The Hall–Kier alpha value is -2.33. The van der Waals surface area contributed by atoms with Crippen LogP contribution in [0.4, 0.5) is 11.4 Å². The number of ketones is 1. The highest BCUT2D eigenvalue weighted by atomic mass is 35.5. The summed E-state index contributed by atoms with van der Waals surface area (Å²) in [6.45, 7) is 3.45. The van der Waals surface area contributed by atoms with Crippen LogP contribution in [-0.4, -0.2) is 11.6 Å². The lowest BCUT2D eigenvalue weighted by Crippen LogP contribution is -2.34. The van der Waals surface area contributed by atoms with E-state index in [0.717, 1.165) is 11.3 Å². The fourth-order valence-corrected chi connectivity index (χ4v) is 1.91. The molecule has 0 unspecified atom stereocenters. The number of carbonyl (C=O) groups is 1. The quantitative estimate of drug-likeness (QED) is 0.512. The molecular formula is C16H16ClN3O. The van der Waals surface area contributed by atoms with E-state index in [1.54, 1.807) is 24.3 Å². The lowest BCUT2D eigenvalue weighted by molar-refractivity contribution is -0.111. The third-order valence-electron chi connectivity index (χ3n) is 2.73. The number of hydrogen-bond acceptors (Lipinski definition) is 3. The summed E-state index contributed by atoms with van der Waals surface area (Å²) in [5.74, 6) is 0.0499. The van der Waals surface area contributed by atoms with Crippen LogP contribution >= 0.6 is 11.6 Å². The minimum absolute atomic E-state index is 0.171. The molecule has 0 aliphatic heterocycles. The SMILES string of the molecule is CC(=O)C(=Nc1cccc(Cl)c1)NNc1cccc(C)c1. The van der Waals surface area contributed by atoms with E-state index in [9.17, 15) is 4.79 Å². The van der Waals surface area contributed by atoms with Gasteiger partial charge in [0.05, 0.1) is 11.4 Å². The highest BCUT2D eigenvalue weighted by Crippen LogP contribution is 2.18. The Kier molecular flexibility index (Phi) is 4.95. The van der Waals surface area contributed by atoms with Crippen molar-refractivity contribution in [3.8, 4) is 0 Å². The number of Topliss-reactive ketones (excluding diaryl/α,β-unsaturated/α-hetero) is 1. The number of carbonyl (C=O) groups excluding carboxylic acids is 1. The molecule has 0 heterocycles. The number of amidine groups is 1. The zero-order valence-electron chi connectivity index (χ0n) is 11.9. The van der Waals surface area contributed by atoms with Crippen LogP contribution in [0.3, 0.4) is 0 Å². The molecule has 0 radical (unpaired) electrons. The van der Waals surface area contributed by atoms with Crippen molar-refractivity contribution in [1.82, 2.24) is 5.43 Å². The molecule has 0 aliphatic rings. The minimum atomic E-state index is -0.171. The molecule has 2 rings (SSSR count). The summed E-state index contributed by atoms with van der Waals surface area (Å²) in [6.07, 6.45) is 0. The molecule has 0 atom stereocenters. The third-order valence-corrected chi connectivity index (χ3v) is 2.96. The Bertz CT molecular complexity index is 683. The summed E-state index contributed by atoms with van der Waals surface area (Å²) in [5, 5.41) is 0.575. The molecule has 0 fully saturated rings. The minimum Gasteiger partial charge on any atom is -0.300 e. The number of hydrazine groups is 1. The monoisotopic (exact) mass is 301 g/mol. The van der Waals surface area contributed by atoms with Crippen molar-refractivity contribution < 1.29 is 4.79 Å². The number of nitrogens with one attached hydrogen (secondary N) is 2. The Balaban J connectivity index is 2.14. The van der Waals surface area contributed by atoms with Gasteiger partial charge in [0, 0.05) is 11.9 Å². The van der Waals surface area contributed by atoms with Crippen molar-refractivity contribution in [2.75, 3.05) is 5.43 Å². The van der Waals surface area contributed by atoms with E-state index in [1.807, 2.05) is 31.2 Å². The van der Waals surface area contributed by atoms with E-state index in [-0.39, 0.29) is 11.6 Å². The van der Waals surface area contributed by atoms with Crippen LogP contribution in [-0.2, 0) is 4.79 Å². The second-order valence-corrected chi connectivity index (χ2v) is 5.05. The van der Waals surface area contributed by atoms with Crippen molar-refractivity contribution in [2.45, 2.75) is 13.8 Å². The van der Waals surface area contributed by atoms with Gasteiger partial charge in [0.25, 0.3) is 0 Å². The first-order valence-electron chi connectivity index (χ1n) is 6.48. The van der Waals surface area contributed by atoms with Crippen LogP contribution in [0.25, 0.3) is 0 Å². The number of rotatable bonds is 4. The van der Waals surface area contributed by atoms with Gasteiger partial charge in [-0.2, -0.15) is 0 Å².